The third-order valence-electron chi connectivity index (χ3n) is 3.71. The molecule has 0 aromatic heterocycles. The van der Waals surface area contributed by atoms with Crippen LogP contribution in [0.4, 0.5) is 0 Å². The van der Waals surface area contributed by atoms with Crippen LogP contribution < -0.4 is 5.32 Å². The Morgan fingerprint density at radius 1 is 1.12 bits per heavy atom. The van der Waals surface area contributed by atoms with Crippen LogP contribution in [0.1, 0.15) is 22.8 Å². The minimum Gasteiger partial charge on any atom is -0.480 e. The van der Waals surface area contributed by atoms with Crippen molar-refractivity contribution in [1.29, 1.82) is 0 Å². The van der Waals surface area contributed by atoms with Crippen molar-refractivity contribution in [2.24, 2.45) is 0 Å². The van der Waals surface area contributed by atoms with Crippen molar-refractivity contribution in [1.82, 2.24) is 5.32 Å². The Morgan fingerprint density at radius 3 is 2.42 bits per heavy atom. The average molecular weight is 327 g/mol. The summed E-state index contributed by atoms with van der Waals surface area (Å²) in [5.74, 6) is -1.54. The molecule has 2 N–H and O–H groups in total. The number of carbonyl (C=O) groups excluding carboxylic acids is 1. The molecule has 5 nitrogen and oxygen atoms in total. The molecule has 2 aromatic carbocycles. The molecule has 0 spiro atoms. The topological polar surface area (TPSA) is 75.6 Å². The zero-order chi connectivity index (χ0) is 17.5. The number of rotatable bonds is 7. The SMILES string of the molecule is CO[C@H](C(=O)N[C@H](Cc1cccc(C)c1)C(=O)O)c1ccccc1. The Bertz CT molecular complexity index is 700. The Morgan fingerprint density at radius 2 is 1.83 bits per heavy atom. The summed E-state index contributed by atoms with van der Waals surface area (Å²) < 4.78 is 5.24. The van der Waals surface area contributed by atoms with Crippen LogP contribution in [-0.2, 0) is 20.7 Å². The van der Waals surface area contributed by atoms with E-state index in [1.807, 2.05) is 37.3 Å². The minimum atomic E-state index is -1.08. The van der Waals surface area contributed by atoms with E-state index in [2.05, 4.69) is 5.32 Å². The lowest BCUT2D eigenvalue weighted by molar-refractivity contribution is -0.144. The highest BCUT2D eigenvalue weighted by Crippen LogP contribution is 2.17. The monoisotopic (exact) mass is 327 g/mol. The van der Waals surface area contributed by atoms with Crippen molar-refractivity contribution < 1.29 is 19.4 Å². The molecule has 0 fully saturated rings. The van der Waals surface area contributed by atoms with Crippen LogP contribution in [0.15, 0.2) is 54.6 Å². The highest BCUT2D eigenvalue weighted by molar-refractivity contribution is 5.87. The molecule has 0 aliphatic carbocycles. The van der Waals surface area contributed by atoms with Gasteiger partial charge in [-0.15, -0.1) is 0 Å². The second kappa shape index (κ2) is 8.26. The van der Waals surface area contributed by atoms with Gasteiger partial charge in [0.15, 0.2) is 6.10 Å². The first-order valence-corrected chi connectivity index (χ1v) is 7.67. The quantitative estimate of drug-likeness (QED) is 0.819. The third-order valence-corrected chi connectivity index (χ3v) is 3.71. The number of aryl methyl sites for hydroxylation is 1. The van der Waals surface area contributed by atoms with Crippen molar-refractivity contribution in [3.63, 3.8) is 0 Å². The molecule has 0 aliphatic heterocycles. The molecule has 2 rings (SSSR count). The lowest BCUT2D eigenvalue weighted by Crippen LogP contribution is -2.44. The number of hydrogen-bond acceptors (Lipinski definition) is 3. The molecule has 126 valence electrons. The zero-order valence-corrected chi connectivity index (χ0v) is 13.7. The summed E-state index contributed by atoms with van der Waals surface area (Å²) in [6.07, 6.45) is -0.626. The second-order valence-corrected chi connectivity index (χ2v) is 5.62. The number of nitrogens with one attached hydrogen (secondary N) is 1. The molecule has 0 bridgehead atoms. The molecule has 0 saturated heterocycles. The van der Waals surface area contributed by atoms with Gasteiger partial charge in [0.05, 0.1) is 0 Å². The van der Waals surface area contributed by atoms with Gasteiger partial charge in [0.2, 0.25) is 0 Å². The number of aliphatic carboxylic acids is 1. The molecular formula is C19H21NO4. The van der Waals surface area contributed by atoms with Crippen molar-refractivity contribution in [2.75, 3.05) is 7.11 Å². The number of amides is 1. The zero-order valence-electron chi connectivity index (χ0n) is 13.7. The number of carboxylic acids is 1. The summed E-state index contributed by atoms with van der Waals surface area (Å²) in [6, 6.07) is 15.5. The summed E-state index contributed by atoms with van der Waals surface area (Å²) in [5.41, 5.74) is 2.58. The van der Waals surface area contributed by atoms with Gasteiger partial charge in [-0.05, 0) is 18.1 Å². The van der Waals surface area contributed by atoms with Gasteiger partial charge in [0, 0.05) is 13.5 Å². The number of methoxy groups -OCH3 is 1. The third kappa shape index (κ3) is 4.67. The largest absolute Gasteiger partial charge is 0.480 e. The van der Waals surface area contributed by atoms with Crippen molar-refractivity contribution >= 4 is 11.9 Å². The maximum atomic E-state index is 12.4. The van der Waals surface area contributed by atoms with Crippen LogP contribution >= 0.6 is 0 Å². The molecule has 0 saturated carbocycles. The van der Waals surface area contributed by atoms with E-state index in [0.717, 1.165) is 11.1 Å². The van der Waals surface area contributed by atoms with E-state index in [0.29, 0.717) is 5.56 Å². The molecule has 2 atom stereocenters. The summed E-state index contributed by atoms with van der Waals surface area (Å²) in [5, 5.41) is 12.0. The molecular weight excluding hydrogens is 306 g/mol. The van der Waals surface area contributed by atoms with Crippen LogP contribution in [0.25, 0.3) is 0 Å². The minimum absolute atomic E-state index is 0.216. The Labute approximate surface area is 141 Å². The summed E-state index contributed by atoms with van der Waals surface area (Å²) >= 11 is 0. The van der Waals surface area contributed by atoms with Gasteiger partial charge in [-0.2, -0.15) is 0 Å². The van der Waals surface area contributed by atoms with Crippen LogP contribution in [0.3, 0.4) is 0 Å². The van der Waals surface area contributed by atoms with Gasteiger partial charge in [-0.25, -0.2) is 4.79 Å². The van der Waals surface area contributed by atoms with Gasteiger partial charge >= 0.3 is 5.97 Å². The average Bonchev–Trinajstić information content (AvgIpc) is 2.56. The summed E-state index contributed by atoms with van der Waals surface area (Å²) in [4.78, 5) is 24.0. The first-order valence-electron chi connectivity index (χ1n) is 7.67. The number of ether oxygens (including phenoxy) is 1. The predicted octanol–water partition coefficient (Wildman–Crippen LogP) is 2.49. The summed E-state index contributed by atoms with van der Waals surface area (Å²) in [6.45, 7) is 1.94. The maximum absolute atomic E-state index is 12.4. The fourth-order valence-corrected chi connectivity index (χ4v) is 2.54. The Balaban J connectivity index is 2.11. The molecule has 0 aliphatic rings. The Kier molecular flexibility index (Phi) is 6.09. The van der Waals surface area contributed by atoms with Crippen molar-refractivity contribution in [2.45, 2.75) is 25.5 Å². The molecule has 0 unspecified atom stereocenters. The maximum Gasteiger partial charge on any atom is 0.326 e. The lowest BCUT2D eigenvalue weighted by atomic mass is 10.0. The number of carboxylic acid groups (broad SMARTS) is 1. The normalized spacial score (nSPS) is 13.1. The first kappa shape index (κ1) is 17.7. The van der Waals surface area contributed by atoms with E-state index in [-0.39, 0.29) is 6.42 Å². The number of hydrogen-bond donors (Lipinski definition) is 2. The number of benzene rings is 2. The van der Waals surface area contributed by atoms with E-state index >= 15 is 0 Å². The van der Waals surface area contributed by atoms with E-state index in [1.54, 1.807) is 24.3 Å². The molecule has 0 radical (unpaired) electrons. The molecule has 24 heavy (non-hydrogen) atoms. The van der Waals surface area contributed by atoms with Gasteiger partial charge in [0.25, 0.3) is 5.91 Å². The molecule has 1 amide bonds. The van der Waals surface area contributed by atoms with Crippen molar-refractivity contribution in [3.8, 4) is 0 Å². The summed E-state index contributed by atoms with van der Waals surface area (Å²) in [7, 11) is 1.42. The molecule has 5 heteroatoms. The lowest BCUT2D eigenvalue weighted by Gasteiger charge is -2.20. The highest BCUT2D eigenvalue weighted by atomic mass is 16.5. The van der Waals surface area contributed by atoms with Crippen LogP contribution in [-0.4, -0.2) is 30.1 Å². The van der Waals surface area contributed by atoms with E-state index in [9.17, 15) is 14.7 Å². The number of carbonyl (C=O) groups is 2. The van der Waals surface area contributed by atoms with Crippen LogP contribution in [0, 0.1) is 6.92 Å². The molecule has 2 aromatic rings. The smallest absolute Gasteiger partial charge is 0.326 e. The highest BCUT2D eigenvalue weighted by Gasteiger charge is 2.26. The van der Waals surface area contributed by atoms with E-state index in [4.69, 9.17) is 4.74 Å². The standard InChI is InChI=1S/C19H21NO4/c1-13-7-6-8-14(11-13)12-16(19(22)23)20-18(21)17(24-2)15-9-4-3-5-10-15/h3-11,16-17H,12H2,1-2H3,(H,20,21)(H,22,23)/t16-,17+/m1/s1. The fourth-order valence-electron chi connectivity index (χ4n) is 2.54. The molecule has 0 heterocycles. The van der Waals surface area contributed by atoms with Crippen molar-refractivity contribution in [3.05, 3.63) is 71.3 Å². The predicted molar refractivity (Wildman–Crippen MR) is 90.6 cm³/mol. The van der Waals surface area contributed by atoms with Gasteiger partial charge in [0.1, 0.15) is 6.04 Å². The van der Waals surface area contributed by atoms with Gasteiger partial charge in [-0.1, -0.05) is 60.2 Å². The van der Waals surface area contributed by atoms with Crippen LogP contribution in [0.2, 0.25) is 0 Å². The fraction of sp³-hybridized carbons (Fsp3) is 0.263. The first-order chi connectivity index (χ1) is 11.5. The second-order valence-electron chi connectivity index (χ2n) is 5.62. The van der Waals surface area contributed by atoms with Gasteiger partial charge < -0.3 is 15.2 Å². The van der Waals surface area contributed by atoms with E-state index in [1.165, 1.54) is 7.11 Å². The Hall–Kier alpha value is -2.66. The van der Waals surface area contributed by atoms with E-state index < -0.39 is 24.0 Å². The van der Waals surface area contributed by atoms with Gasteiger partial charge in [-0.3, -0.25) is 4.79 Å². The van der Waals surface area contributed by atoms with Crippen LogP contribution in [0.5, 0.6) is 0 Å².